The Morgan fingerprint density at radius 3 is 2.38 bits per heavy atom. The van der Waals surface area contributed by atoms with Gasteiger partial charge in [-0.3, -0.25) is 0 Å². The lowest BCUT2D eigenvalue weighted by Crippen LogP contribution is -2.14. The molecule has 0 heterocycles. The molecule has 2 unspecified atom stereocenters. The maximum atomic E-state index is 12.8. The number of benzene rings is 1. The molecular formula is C12H12BrF3. The summed E-state index contributed by atoms with van der Waals surface area (Å²) >= 11 is 3.47. The van der Waals surface area contributed by atoms with E-state index in [9.17, 15) is 13.2 Å². The lowest BCUT2D eigenvalue weighted by Gasteiger charge is -2.19. The highest BCUT2D eigenvalue weighted by molar-refractivity contribution is 9.09. The normalized spacial score (nSPS) is 26.0. The van der Waals surface area contributed by atoms with Crippen LogP contribution in [-0.2, 0) is 6.18 Å². The van der Waals surface area contributed by atoms with Crippen molar-refractivity contribution in [2.45, 2.75) is 36.2 Å². The van der Waals surface area contributed by atoms with Gasteiger partial charge >= 0.3 is 6.18 Å². The minimum Gasteiger partial charge on any atom is -0.166 e. The second kappa shape index (κ2) is 4.40. The van der Waals surface area contributed by atoms with Gasteiger partial charge in [0.15, 0.2) is 0 Å². The van der Waals surface area contributed by atoms with Gasteiger partial charge in [0.1, 0.15) is 0 Å². The van der Waals surface area contributed by atoms with Gasteiger partial charge in [0, 0.05) is 4.83 Å². The summed E-state index contributed by atoms with van der Waals surface area (Å²) in [5.41, 5.74) is -0.0410. The van der Waals surface area contributed by atoms with E-state index in [0.717, 1.165) is 19.3 Å². The first-order valence-electron chi connectivity index (χ1n) is 5.30. The van der Waals surface area contributed by atoms with Gasteiger partial charge in [-0.25, -0.2) is 0 Å². The van der Waals surface area contributed by atoms with Crippen LogP contribution in [0.3, 0.4) is 0 Å². The number of hydrogen-bond acceptors (Lipinski definition) is 0. The van der Waals surface area contributed by atoms with Gasteiger partial charge in [0.25, 0.3) is 0 Å². The maximum Gasteiger partial charge on any atom is 0.416 e. The minimum atomic E-state index is -4.24. The molecule has 0 amide bonds. The maximum absolute atomic E-state index is 12.8. The summed E-state index contributed by atoms with van der Waals surface area (Å²) in [6, 6.07) is 5.91. The molecular weight excluding hydrogens is 281 g/mol. The molecule has 4 heteroatoms. The molecule has 0 saturated heterocycles. The third-order valence-electron chi connectivity index (χ3n) is 3.10. The van der Waals surface area contributed by atoms with E-state index < -0.39 is 11.7 Å². The van der Waals surface area contributed by atoms with Crippen molar-refractivity contribution in [1.82, 2.24) is 0 Å². The predicted octanol–water partition coefficient (Wildman–Crippen LogP) is 4.74. The van der Waals surface area contributed by atoms with Crippen molar-refractivity contribution in [3.63, 3.8) is 0 Å². The quantitative estimate of drug-likeness (QED) is 0.656. The molecule has 1 aromatic rings. The van der Waals surface area contributed by atoms with Crippen LogP contribution in [0.4, 0.5) is 13.2 Å². The fourth-order valence-corrected chi connectivity index (χ4v) is 3.22. The fraction of sp³-hybridized carbons (Fsp3) is 0.500. The zero-order valence-electron chi connectivity index (χ0n) is 8.60. The fourth-order valence-electron chi connectivity index (χ4n) is 2.34. The third-order valence-corrected chi connectivity index (χ3v) is 4.19. The highest BCUT2D eigenvalue weighted by atomic mass is 79.9. The molecule has 1 aliphatic rings. The molecule has 0 aromatic heterocycles. The average Bonchev–Trinajstić information content (AvgIpc) is 2.63. The molecule has 2 atom stereocenters. The first-order valence-corrected chi connectivity index (χ1v) is 6.22. The van der Waals surface area contributed by atoms with E-state index in [1.54, 1.807) is 12.1 Å². The lowest BCUT2D eigenvalue weighted by molar-refractivity contribution is -0.138. The molecule has 1 aromatic carbocycles. The van der Waals surface area contributed by atoms with Crippen molar-refractivity contribution in [3.05, 3.63) is 35.4 Å². The van der Waals surface area contributed by atoms with Gasteiger partial charge in [-0.05, 0) is 30.4 Å². The highest BCUT2D eigenvalue weighted by Crippen LogP contribution is 2.44. The van der Waals surface area contributed by atoms with Crippen LogP contribution in [0.25, 0.3) is 0 Å². The Labute approximate surface area is 101 Å². The molecule has 1 aliphatic carbocycles. The van der Waals surface area contributed by atoms with Crippen LogP contribution in [0.1, 0.15) is 36.3 Å². The minimum absolute atomic E-state index is 0.00201. The van der Waals surface area contributed by atoms with Crippen molar-refractivity contribution in [3.8, 4) is 0 Å². The van der Waals surface area contributed by atoms with E-state index in [4.69, 9.17) is 0 Å². The lowest BCUT2D eigenvalue weighted by atomic mass is 9.92. The summed E-state index contributed by atoms with van der Waals surface area (Å²) in [5.74, 6) is -0.00201. The van der Waals surface area contributed by atoms with E-state index >= 15 is 0 Å². The molecule has 0 bridgehead atoms. The standard InChI is InChI=1S/C12H12BrF3/c13-11-7-3-5-9(11)8-4-1-2-6-10(8)12(14,15)16/h1-2,4,6,9,11H,3,5,7H2. The van der Waals surface area contributed by atoms with Crippen LogP contribution in [-0.4, -0.2) is 4.83 Å². The zero-order valence-corrected chi connectivity index (χ0v) is 10.2. The monoisotopic (exact) mass is 292 g/mol. The summed E-state index contributed by atoms with van der Waals surface area (Å²) in [4.78, 5) is 0.177. The SMILES string of the molecule is FC(F)(F)c1ccccc1C1CCCC1Br. The van der Waals surface area contributed by atoms with Crippen LogP contribution < -0.4 is 0 Å². The molecule has 0 spiro atoms. The summed E-state index contributed by atoms with van der Waals surface area (Å²) in [7, 11) is 0. The number of alkyl halides is 4. The van der Waals surface area contributed by atoms with Gasteiger partial charge < -0.3 is 0 Å². The number of rotatable bonds is 1. The van der Waals surface area contributed by atoms with Crippen molar-refractivity contribution in [1.29, 1.82) is 0 Å². The second-order valence-electron chi connectivity index (χ2n) is 4.14. The molecule has 16 heavy (non-hydrogen) atoms. The summed E-state index contributed by atoms with van der Waals surface area (Å²) in [5, 5.41) is 0. The molecule has 0 N–H and O–H groups in total. The van der Waals surface area contributed by atoms with E-state index in [1.165, 1.54) is 12.1 Å². The van der Waals surface area contributed by atoms with E-state index in [0.29, 0.717) is 5.56 Å². The largest absolute Gasteiger partial charge is 0.416 e. The molecule has 0 radical (unpaired) electrons. The van der Waals surface area contributed by atoms with Crippen LogP contribution in [0.2, 0.25) is 0 Å². The Morgan fingerprint density at radius 2 is 1.81 bits per heavy atom. The van der Waals surface area contributed by atoms with Crippen molar-refractivity contribution < 1.29 is 13.2 Å². The number of halogens is 4. The Morgan fingerprint density at radius 1 is 1.12 bits per heavy atom. The Kier molecular flexibility index (Phi) is 3.29. The first kappa shape index (κ1) is 12.0. The number of hydrogen-bond donors (Lipinski definition) is 0. The van der Waals surface area contributed by atoms with Gasteiger partial charge in [0.2, 0.25) is 0 Å². The van der Waals surface area contributed by atoms with Crippen LogP contribution in [0.5, 0.6) is 0 Å². The molecule has 0 aliphatic heterocycles. The van der Waals surface area contributed by atoms with Crippen molar-refractivity contribution >= 4 is 15.9 Å². The van der Waals surface area contributed by atoms with Gasteiger partial charge in [0.05, 0.1) is 5.56 Å². The second-order valence-corrected chi connectivity index (χ2v) is 5.31. The Hall–Kier alpha value is -0.510. The predicted molar refractivity (Wildman–Crippen MR) is 60.8 cm³/mol. The first-order chi connectivity index (χ1) is 7.50. The third kappa shape index (κ3) is 2.26. The van der Waals surface area contributed by atoms with E-state index in [2.05, 4.69) is 15.9 Å². The molecule has 1 fully saturated rings. The average molecular weight is 293 g/mol. The van der Waals surface area contributed by atoms with Crippen LogP contribution in [0, 0.1) is 0 Å². The van der Waals surface area contributed by atoms with Crippen molar-refractivity contribution in [2.24, 2.45) is 0 Å². The van der Waals surface area contributed by atoms with Crippen LogP contribution >= 0.6 is 15.9 Å². The van der Waals surface area contributed by atoms with E-state index in [-0.39, 0.29) is 10.7 Å². The highest BCUT2D eigenvalue weighted by Gasteiger charge is 2.37. The summed E-state index contributed by atoms with van der Waals surface area (Å²) in [6.07, 6.45) is -1.46. The smallest absolute Gasteiger partial charge is 0.166 e. The van der Waals surface area contributed by atoms with Crippen molar-refractivity contribution in [2.75, 3.05) is 0 Å². The summed E-state index contributed by atoms with van der Waals surface area (Å²) in [6.45, 7) is 0. The molecule has 88 valence electrons. The zero-order chi connectivity index (χ0) is 11.8. The van der Waals surface area contributed by atoms with Gasteiger partial charge in [-0.2, -0.15) is 13.2 Å². The Bertz CT molecular complexity index is 373. The van der Waals surface area contributed by atoms with Gasteiger partial charge in [-0.1, -0.05) is 40.5 Å². The van der Waals surface area contributed by atoms with Crippen LogP contribution in [0.15, 0.2) is 24.3 Å². The topological polar surface area (TPSA) is 0 Å². The molecule has 0 nitrogen and oxygen atoms in total. The summed E-state index contributed by atoms with van der Waals surface area (Å²) < 4.78 is 38.4. The molecule has 1 saturated carbocycles. The Balaban J connectivity index is 2.40. The van der Waals surface area contributed by atoms with Gasteiger partial charge in [-0.15, -0.1) is 0 Å². The molecule has 2 rings (SSSR count). The van der Waals surface area contributed by atoms with E-state index in [1.807, 2.05) is 0 Å².